The fraction of sp³-hybridized carbons (Fsp3) is 0.833. The van der Waals surface area contributed by atoms with Gasteiger partial charge in [-0.25, -0.2) is 0 Å². The third-order valence-corrected chi connectivity index (χ3v) is 4.84. The summed E-state index contributed by atoms with van der Waals surface area (Å²) in [4.78, 5) is 23.1. The molecule has 0 aromatic rings. The fourth-order valence-electron chi connectivity index (χ4n) is 2.99. The predicted octanol–water partition coefficient (Wildman–Crippen LogP) is 6.91. The first-order chi connectivity index (χ1) is 13.6. The van der Waals surface area contributed by atoms with E-state index in [4.69, 9.17) is 9.47 Å². The van der Waals surface area contributed by atoms with Crippen LogP contribution in [0.1, 0.15) is 117 Å². The van der Waals surface area contributed by atoms with Gasteiger partial charge < -0.3 is 9.47 Å². The number of ether oxygens (including phenoxy) is 2. The summed E-state index contributed by atoms with van der Waals surface area (Å²) >= 11 is 0. The van der Waals surface area contributed by atoms with Crippen molar-refractivity contribution in [3.8, 4) is 0 Å². The van der Waals surface area contributed by atoms with E-state index < -0.39 is 0 Å². The molecule has 0 fully saturated rings. The summed E-state index contributed by atoms with van der Waals surface area (Å²) in [5.41, 5.74) is 0.977. The van der Waals surface area contributed by atoms with Crippen LogP contribution in [0, 0.1) is 0 Å². The Morgan fingerprint density at radius 3 is 1.43 bits per heavy atom. The number of unbranched alkanes of at least 4 members (excludes halogenated alkanes) is 12. The minimum atomic E-state index is -0.348. The van der Waals surface area contributed by atoms with Crippen LogP contribution in [0.4, 0.5) is 0 Å². The molecule has 0 aliphatic rings. The van der Waals surface area contributed by atoms with Crippen LogP contribution in [0.15, 0.2) is 12.2 Å². The lowest BCUT2D eigenvalue weighted by Gasteiger charge is -2.06. The Balaban J connectivity index is 3.28. The van der Waals surface area contributed by atoms with Gasteiger partial charge in [0.1, 0.15) is 0 Å². The van der Waals surface area contributed by atoms with Crippen LogP contribution >= 0.6 is 0 Å². The van der Waals surface area contributed by atoms with E-state index in [1.807, 2.05) is 6.92 Å². The maximum atomic E-state index is 11.6. The molecule has 0 spiro atoms. The van der Waals surface area contributed by atoms with Crippen LogP contribution < -0.4 is 0 Å². The second kappa shape index (κ2) is 20.4. The van der Waals surface area contributed by atoms with Crippen molar-refractivity contribution in [3.05, 3.63) is 12.2 Å². The summed E-state index contributed by atoms with van der Waals surface area (Å²) < 4.78 is 10.2. The van der Waals surface area contributed by atoms with Crippen molar-refractivity contribution in [2.45, 2.75) is 117 Å². The SMILES string of the molecule is C=C(C)CCOC(=O)CCC(=O)OCCCCCCCCCCCCCCC. The number of hydrogen-bond acceptors (Lipinski definition) is 4. The lowest BCUT2D eigenvalue weighted by Crippen LogP contribution is -2.11. The van der Waals surface area contributed by atoms with Gasteiger partial charge in [0, 0.05) is 6.42 Å². The smallest absolute Gasteiger partial charge is 0.306 e. The maximum absolute atomic E-state index is 11.6. The van der Waals surface area contributed by atoms with Crippen molar-refractivity contribution >= 4 is 11.9 Å². The Morgan fingerprint density at radius 2 is 1.00 bits per heavy atom. The molecule has 0 saturated heterocycles. The van der Waals surface area contributed by atoms with Gasteiger partial charge in [-0.15, -0.1) is 6.58 Å². The van der Waals surface area contributed by atoms with Crippen molar-refractivity contribution < 1.29 is 19.1 Å². The number of carbonyl (C=O) groups excluding carboxylic acids is 2. The van der Waals surface area contributed by atoms with E-state index in [1.165, 1.54) is 70.6 Å². The summed E-state index contributed by atoms with van der Waals surface area (Å²) in [6.45, 7) is 8.69. The Hall–Kier alpha value is -1.32. The van der Waals surface area contributed by atoms with E-state index in [9.17, 15) is 9.59 Å². The molecule has 0 unspecified atom stereocenters. The van der Waals surface area contributed by atoms with Crippen molar-refractivity contribution in [3.63, 3.8) is 0 Å². The van der Waals surface area contributed by atoms with Crippen LogP contribution in [-0.2, 0) is 19.1 Å². The first-order valence-electron chi connectivity index (χ1n) is 11.5. The molecule has 0 aromatic carbocycles. The van der Waals surface area contributed by atoms with Gasteiger partial charge in [0.2, 0.25) is 0 Å². The van der Waals surface area contributed by atoms with Crippen molar-refractivity contribution in [1.29, 1.82) is 0 Å². The van der Waals surface area contributed by atoms with Crippen molar-refractivity contribution in [2.24, 2.45) is 0 Å². The number of carbonyl (C=O) groups is 2. The molecule has 0 atom stereocenters. The van der Waals surface area contributed by atoms with Crippen LogP contribution in [0.25, 0.3) is 0 Å². The summed E-state index contributed by atoms with van der Waals surface area (Å²) in [5, 5.41) is 0. The van der Waals surface area contributed by atoms with Gasteiger partial charge >= 0.3 is 11.9 Å². The molecule has 0 aromatic heterocycles. The third-order valence-electron chi connectivity index (χ3n) is 4.84. The van der Waals surface area contributed by atoms with E-state index in [1.54, 1.807) is 0 Å². The summed E-state index contributed by atoms with van der Waals surface area (Å²) in [7, 11) is 0. The van der Waals surface area contributed by atoms with Crippen molar-refractivity contribution in [2.75, 3.05) is 13.2 Å². The first-order valence-corrected chi connectivity index (χ1v) is 11.5. The Morgan fingerprint density at radius 1 is 0.607 bits per heavy atom. The van der Waals surface area contributed by atoms with Crippen LogP contribution in [0.3, 0.4) is 0 Å². The van der Waals surface area contributed by atoms with Crippen LogP contribution in [0.5, 0.6) is 0 Å². The zero-order valence-corrected chi connectivity index (χ0v) is 18.6. The molecule has 28 heavy (non-hydrogen) atoms. The summed E-state index contributed by atoms with van der Waals surface area (Å²) in [6.07, 6.45) is 17.7. The number of hydrogen-bond donors (Lipinski definition) is 0. The average molecular weight is 397 g/mol. The fourth-order valence-corrected chi connectivity index (χ4v) is 2.99. The molecule has 4 heteroatoms. The summed E-state index contributed by atoms with van der Waals surface area (Å²) in [5.74, 6) is -0.657. The highest BCUT2D eigenvalue weighted by molar-refractivity contribution is 5.77. The van der Waals surface area contributed by atoms with Crippen LogP contribution in [0.2, 0.25) is 0 Å². The molecule has 0 aliphatic heterocycles. The van der Waals surface area contributed by atoms with E-state index >= 15 is 0 Å². The monoisotopic (exact) mass is 396 g/mol. The molecule has 0 saturated carbocycles. The molecular weight excluding hydrogens is 352 g/mol. The first kappa shape index (κ1) is 26.7. The topological polar surface area (TPSA) is 52.6 Å². The van der Waals surface area contributed by atoms with E-state index in [-0.39, 0.29) is 24.8 Å². The van der Waals surface area contributed by atoms with E-state index in [0.717, 1.165) is 18.4 Å². The maximum Gasteiger partial charge on any atom is 0.306 e. The zero-order chi connectivity index (χ0) is 20.9. The van der Waals surface area contributed by atoms with Gasteiger partial charge in [-0.2, -0.15) is 0 Å². The highest BCUT2D eigenvalue weighted by atomic mass is 16.5. The average Bonchev–Trinajstić information content (AvgIpc) is 2.66. The normalized spacial score (nSPS) is 10.6. The molecule has 0 N–H and O–H groups in total. The Bertz CT molecular complexity index is 403. The lowest BCUT2D eigenvalue weighted by atomic mass is 10.0. The Labute approximate surface area is 173 Å². The van der Waals surface area contributed by atoms with Crippen LogP contribution in [-0.4, -0.2) is 25.2 Å². The quantitative estimate of drug-likeness (QED) is 0.127. The standard InChI is InChI=1S/C24H44O4/c1-4-5-6-7-8-9-10-11-12-13-14-15-16-20-27-23(25)17-18-24(26)28-21-19-22(2)3/h2,4-21H2,1,3H3. The molecule has 0 rings (SSSR count). The minimum Gasteiger partial charge on any atom is -0.466 e. The Kier molecular flexibility index (Phi) is 19.5. The van der Waals surface area contributed by atoms with Gasteiger partial charge in [-0.3, -0.25) is 9.59 Å². The molecule has 164 valence electrons. The number of esters is 2. The highest BCUT2D eigenvalue weighted by Gasteiger charge is 2.09. The zero-order valence-electron chi connectivity index (χ0n) is 18.6. The molecule has 0 aliphatic carbocycles. The highest BCUT2D eigenvalue weighted by Crippen LogP contribution is 2.12. The second-order valence-electron chi connectivity index (χ2n) is 7.89. The number of rotatable bonds is 20. The molecule has 0 amide bonds. The van der Waals surface area contributed by atoms with Gasteiger partial charge in [0.15, 0.2) is 0 Å². The van der Waals surface area contributed by atoms with Gasteiger partial charge in [-0.05, 0) is 13.3 Å². The molecule has 0 bridgehead atoms. The van der Waals surface area contributed by atoms with E-state index in [2.05, 4.69) is 13.5 Å². The second-order valence-corrected chi connectivity index (χ2v) is 7.89. The van der Waals surface area contributed by atoms with Gasteiger partial charge in [-0.1, -0.05) is 89.5 Å². The van der Waals surface area contributed by atoms with Crippen molar-refractivity contribution in [1.82, 2.24) is 0 Å². The molecular formula is C24H44O4. The van der Waals surface area contributed by atoms with Gasteiger partial charge in [0.25, 0.3) is 0 Å². The lowest BCUT2D eigenvalue weighted by molar-refractivity contribution is -0.150. The summed E-state index contributed by atoms with van der Waals surface area (Å²) in [6, 6.07) is 0. The largest absolute Gasteiger partial charge is 0.466 e. The predicted molar refractivity (Wildman–Crippen MR) is 116 cm³/mol. The molecule has 4 nitrogen and oxygen atoms in total. The van der Waals surface area contributed by atoms with E-state index in [0.29, 0.717) is 19.6 Å². The third kappa shape index (κ3) is 21.0. The van der Waals surface area contributed by atoms with Gasteiger partial charge in [0.05, 0.1) is 26.1 Å². The minimum absolute atomic E-state index is 0.0909. The molecule has 0 radical (unpaired) electrons. The molecule has 0 heterocycles.